The zero-order valence-electron chi connectivity index (χ0n) is 14.3. The largest absolute Gasteiger partial charge is 0.334 e. The van der Waals surface area contributed by atoms with E-state index in [9.17, 15) is 8.42 Å². The molecule has 27 heavy (non-hydrogen) atoms. The fourth-order valence-electron chi connectivity index (χ4n) is 3.08. The van der Waals surface area contributed by atoms with Gasteiger partial charge in [-0.25, -0.2) is 8.42 Å². The van der Waals surface area contributed by atoms with Crippen LogP contribution in [0.4, 0.5) is 5.69 Å². The van der Waals surface area contributed by atoms with Crippen molar-refractivity contribution in [3.63, 3.8) is 0 Å². The molecular formula is C17H19ClN4O3S2. The molecule has 3 aromatic rings. The van der Waals surface area contributed by atoms with Crippen molar-refractivity contribution < 1.29 is 12.9 Å². The van der Waals surface area contributed by atoms with Gasteiger partial charge < -0.3 is 10.3 Å². The fourth-order valence-corrected chi connectivity index (χ4v) is 5.13. The van der Waals surface area contributed by atoms with E-state index in [0.29, 0.717) is 23.0 Å². The van der Waals surface area contributed by atoms with E-state index >= 15 is 0 Å². The first-order valence-electron chi connectivity index (χ1n) is 8.26. The van der Waals surface area contributed by atoms with Crippen LogP contribution in [0.5, 0.6) is 0 Å². The van der Waals surface area contributed by atoms with Crippen LogP contribution < -0.4 is 10.5 Å². The minimum atomic E-state index is -3.56. The molecule has 144 valence electrons. The molecule has 0 bridgehead atoms. The van der Waals surface area contributed by atoms with Gasteiger partial charge in [0.25, 0.3) is 15.9 Å². The van der Waals surface area contributed by atoms with Crippen molar-refractivity contribution in [1.82, 2.24) is 10.1 Å². The van der Waals surface area contributed by atoms with Crippen molar-refractivity contribution >= 4 is 39.5 Å². The van der Waals surface area contributed by atoms with Crippen molar-refractivity contribution in [2.75, 3.05) is 4.72 Å². The number of aromatic nitrogens is 2. The summed E-state index contributed by atoms with van der Waals surface area (Å²) in [5.41, 5.74) is 7.03. The van der Waals surface area contributed by atoms with Gasteiger partial charge in [0, 0.05) is 11.3 Å². The molecule has 1 fully saturated rings. The molecule has 1 saturated carbocycles. The van der Waals surface area contributed by atoms with Crippen LogP contribution in [0.2, 0.25) is 0 Å². The number of benzene rings is 1. The van der Waals surface area contributed by atoms with Crippen LogP contribution in [-0.2, 0) is 15.6 Å². The van der Waals surface area contributed by atoms with Crippen molar-refractivity contribution in [2.45, 2.75) is 35.4 Å². The van der Waals surface area contributed by atoms with E-state index < -0.39 is 15.6 Å². The lowest BCUT2D eigenvalue weighted by atomic mass is 9.99. The van der Waals surface area contributed by atoms with Gasteiger partial charge in [0.1, 0.15) is 4.21 Å². The van der Waals surface area contributed by atoms with Gasteiger partial charge in [-0.2, -0.15) is 4.98 Å². The number of hydrogen-bond acceptors (Lipinski definition) is 7. The summed E-state index contributed by atoms with van der Waals surface area (Å²) >= 11 is 1.17. The van der Waals surface area contributed by atoms with Crippen molar-refractivity contribution in [1.29, 1.82) is 0 Å². The quantitative estimate of drug-likeness (QED) is 0.642. The Kier molecular flexibility index (Phi) is 5.57. The molecule has 4 rings (SSSR count). The first-order valence-corrected chi connectivity index (χ1v) is 10.6. The molecule has 0 saturated heterocycles. The van der Waals surface area contributed by atoms with Gasteiger partial charge in [-0.15, -0.1) is 23.7 Å². The summed E-state index contributed by atoms with van der Waals surface area (Å²) in [7, 11) is -3.56. The molecule has 7 nitrogen and oxygen atoms in total. The van der Waals surface area contributed by atoms with Crippen LogP contribution in [0.1, 0.15) is 31.5 Å². The maximum absolute atomic E-state index is 12.2. The van der Waals surface area contributed by atoms with Gasteiger partial charge in [-0.05, 0) is 48.6 Å². The van der Waals surface area contributed by atoms with E-state index in [-0.39, 0.29) is 16.6 Å². The van der Waals surface area contributed by atoms with Gasteiger partial charge in [0.15, 0.2) is 5.82 Å². The summed E-state index contributed by atoms with van der Waals surface area (Å²) in [5.74, 6) is 0.914. The van der Waals surface area contributed by atoms with E-state index in [1.807, 2.05) is 0 Å². The van der Waals surface area contributed by atoms with E-state index in [0.717, 1.165) is 25.7 Å². The predicted octanol–water partition coefficient (Wildman–Crippen LogP) is 3.75. The second kappa shape index (κ2) is 7.59. The maximum atomic E-state index is 12.2. The molecule has 3 N–H and O–H groups in total. The van der Waals surface area contributed by atoms with Gasteiger partial charge >= 0.3 is 0 Å². The molecule has 0 aliphatic heterocycles. The summed E-state index contributed by atoms with van der Waals surface area (Å²) in [6.07, 6.45) is 3.85. The van der Waals surface area contributed by atoms with Crippen LogP contribution in [0.3, 0.4) is 0 Å². The zero-order valence-corrected chi connectivity index (χ0v) is 16.7. The Balaban J connectivity index is 0.00000210. The third kappa shape index (κ3) is 4.01. The average Bonchev–Trinajstić information content (AvgIpc) is 3.37. The smallest absolute Gasteiger partial charge is 0.271 e. The molecule has 0 unspecified atom stereocenters. The Labute approximate surface area is 167 Å². The number of anilines is 1. The number of halogens is 1. The lowest BCUT2D eigenvalue weighted by Gasteiger charge is -2.17. The van der Waals surface area contributed by atoms with E-state index in [1.54, 1.807) is 41.8 Å². The summed E-state index contributed by atoms with van der Waals surface area (Å²) in [4.78, 5) is 4.44. The highest BCUT2D eigenvalue weighted by atomic mass is 35.5. The molecular weight excluding hydrogens is 408 g/mol. The fraction of sp³-hybridized carbons (Fsp3) is 0.294. The molecule has 0 amide bonds. The summed E-state index contributed by atoms with van der Waals surface area (Å²) in [6.45, 7) is 0. The Bertz CT molecular complexity index is 995. The number of sulfonamides is 1. The monoisotopic (exact) mass is 426 g/mol. The Morgan fingerprint density at radius 2 is 1.85 bits per heavy atom. The minimum absolute atomic E-state index is 0. The normalized spacial score (nSPS) is 16.0. The van der Waals surface area contributed by atoms with Gasteiger partial charge in [-0.1, -0.05) is 24.1 Å². The Hall–Kier alpha value is -1.94. The molecule has 0 spiro atoms. The third-order valence-electron chi connectivity index (χ3n) is 4.51. The van der Waals surface area contributed by atoms with Crippen LogP contribution in [0, 0.1) is 0 Å². The lowest BCUT2D eigenvalue weighted by molar-refractivity contribution is 0.372. The highest BCUT2D eigenvalue weighted by Gasteiger charge is 2.36. The van der Waals surface area contributed by atoms with E-state index in [4.69, 9.17) is 10.3 Å². The summed E-state index contributed by atoms with van der Waals surface area (Å²) < 4.78 is 32.7. The molecule has 2 heterocycles. The van der Waals surface area contributed by atoms with Crippen molar-refractivity contribution in [2.24, 2.45) is 5.73 Å². The first kappa shape index (κ1) is 19.8. The molecule has 0 atom stereocenters. The topological polar surface area (TPSA) is 111 Å². The van der Waals surface area contributed by atoms with Gasteiger partial charge in [0.05, 0.1) is 5.54 Å². The molecule has 0 radical (unpaired) electrons. The number of nitrogens with zero attached hydrogens (tertiary/aromatic N) is 2. The summed E-state index contributed by atoms with van der Waals surface area (Å²) in [5, 5.41) is 5.76. The third-order valence-corrected chi connectivity index (χ3v) is 7.29. The predicted molar refractivity (Wildman–Crippen MR) is 106 cm³/mol. The Morgan fingerprint density at radius 1 is 1.15 bits per heavy atom. The number of nitrogens with one attached hydrogen (secondary N) is 1. The van der Waals surface area contributed by atoms with Crippen LogP contribution in [-0.4, -0.2) is 18.6 Å². The van der Waals surface area contributed by atoms with Crippen LogP contribution in [0.15, 0.2) is 50.5 Å². The van der Waals surface area contributed by atoms with Crippen molar-refractivity contribution in [3.05, 3.63) is 47.6 Å². The Morgan fingerprint density at radius 3 is 2.48 bits per heavy atom. The van der Waals surface area contributed by atoms with Gasteiger partial charge in [0.2, 0.25) is 0 Å². The average molecular weight is 427 g/mol. The minimum Gasteiger partial charge on any atom is -0.334 e. The molecule has 2 aromatic heterocycles. The highest BCUT2D eigenvalue weighted by molar-refractivity contribution is 7.94. The van der Waals surface area contributed by atoms with E-state index in [2.05, 4.69) is 14.9 Å². The standard InChI is InChI=1S/C17H18N4O3S2.ClH/c18-17(9-1-2-10-17)16-19-15(24-20-16)12-5-7-13(8-6-12)21-26(22,23)14-4-3-11-25-14;/h3-8,11,21H,1-2,9-10,18H2;1H. The van der Waals surface area contributed by atoms with Gasteiger partial charge in [-0.3, -0.25) is 4.72 Å². The molecule has 1 aliphatic rings. The zero-order chi connectivity index (χ0) is 18.2. The second-order valence-corrected chi connectivity index (χ2v) is 9.26. The lowest BCUT2D eigenvalue weighted by Crippen LogP contribution is -2.34. The van der Waals surface area contributed by atoms with Crippen LogP contribution in [0.25, 0.3) is 11.5 Å². The molecule has 1 aromatic carbocycles. The number of hydrogen-bond donors (Lipinski definition) is 2. The first-order chi connectivity index (χ1) is 12.5. The van der Waals surface area contributed by atoms with E-state index in [1.165, 1.54) is 11.3 Å². The highest BCUT2D eigenvalue weighted by Crippen LogP contribution is 2.35. The van der Waals surface area contributed by atoms with Crippen LogP contribution >= 0.6 is 23.7 Å². The number of thiophene rings is 1. The second-order valence-electron chi connectivity index (χ2n) is 6.40. The molecule has 1 aliphatic carbocycles. The SMILES string of the molecule is Cl.NC1(c2noc(-c3ccc(NS(=O)(=O)c4cccs4)cc3)n2)CCCC1. The maximum Gasteiger partial charge on any atom is 0.271 e. The number of nitrogens with two attached hydrogens (primary N) is 1. The summed E-state index contributed by atoms with van der Waals surface area (Å²) in [6, 6.07) is 10.1. The number of rotatable bonds is 5. The molecule has 10 heteroatoms. The van der Waals surface area contributed by atoms with Crippen molar-refractivity contribution in [3.8, 4) is 11.5 Å².